The van der Waals surface area contributed by atoms with Crippen LogP contribution < -0.4 is 0 Å². The Kier molecular flexibility index (Phi) is 3.58. The first kappa shape index (κ1) is 10.4. The molecule has 13 heavy (non-hydrogen) atoms. The predicted octanol–water partition coefficient (Wildman–Crippen LogP) is 2.48. The van der Waals surface area contributed by atoms with E-state index in [0.717, 1.165) is 12.8 Å². The van der Waals surface area contributed by atoms with Crippen LogP contribution in [-0.2, 0) is 0 Å². The van der Waals surface area contributed by atoms with Gasteiger partial charge in [0, 0.05) is 11.0 Å². The van der Waals surface area contributed by atoms with Gasteiger partial charge in [0.15, 0.2) is 0 Å². The predicted molar refractivity (Wildman–Crippen MR) is 51.1 cm³/mol. The Morgan fingerprint density at radius 3 is 2.69 bits per heavy atom. The minimum absolute atomic E-state index is 0.00579. The van der Waals surface area contributed by atoms with E-state index in [1.54, 1.807) is 0 Å². The lowest BCUT2D eigenvalue weighted by Gasteiger charge is -2.33. The van der Waals surface area contributed by atoms with Gasteiger partial charge in [-0.15, -0.1) is 0 Å². The maximum atomic E-state index is 9.42. The van der Waals surface area contributed by atoms with Crippen molar-refractivity contribution in [3.8, 4) is 0 Å². The highest BCUT2D eigenvalue weighted by molar-refractivity contribution is 4.86. The average molecular weight is 183 g/mol. The van der Waals surface area contributed by atoms with Crippen molar-refractivity contribution in [2.45, 2.75) is 45.3 Å². The fourth-order valence-electron chi connectivity index (χ4n) is 2.13. The molecule has 0 radical (unpaired) electrons. The Morgan fingerprint density at radius 2 is 2.15 bits per heavy atom. The van der Waals surface area contributed by atoms with Gasteiger partial charge < -0.3 is 5.11 Å². The first-order valence-electron chi connectivity index (χ1n) is 4.87. The number of rotatable bonds is 2. The van der Waals surface area contributed by atoms with Gasteiger partial charge in [0.05, 0.1) is 6.10 Å². The largest absolute Gasteiger partial charge is 0.393 e. The summed E-state index contributed by atoms with van der Waals surface area (Å²) < 4.78 is 0. The zero-order valence-corrected chi connectivity index (χ0v) is 8.22. The zero-order chi connectivity index (χ0) is 9.84. The third-order valence-electron chi connectivity index (χ3n) is 2.90. The molecule has 1 aliphatic carbocycles. The van der Waals surface area contributed by atoms with Crippen molar-refractivity contribution in [2.75, 3.05) is 0 Å². The Bertz CT molecular complexity index is 211. The molecule has 3 unspecified atom stereocenters. The standard InChI is InChI=1S/C9H17N3O/c1-6(2)8-4-3-7(13)5-9(8)11-12-10/h6-9,13H,3-5H2,1-2H3. The second-order valence-electron chi connectivity index (χ2n) is 4.15. The fourth-order valence-corrected chi connectivity index (χ4v) is 2.13. The smallest absolute Gasteiger partial charge is 0.0544 e. The van der Waals surface area contributed by atoms with Crippen LogP contribution in [0.5, 0.6) is 0 Å². The highest BCUT2D eigenvalue weighted by atomic mass is 16.3. The van der Waals surface area contributed by atoms with E-state index in [9.17, 15) is 5.11 Å². The summed E-state index contributed by atoms with van der Waals surface area (Å²) in [6, 6.07) is -0.00579. The molecular formula is C9H17N3O. The van der Waals surface area contributed by atoms with Crippen LogP contribution in [0.2, 0.25) is 0 Å². The molecule has 0 amide bonds. The third kappa shape index (κ3) is 2.61. The van der Waals surface area contributed by atoms with Crippen LogP contribution in [0.4, 0.5) is 0 Å². The van der Waals surface area contributed by atoms with Crippen molar-refractivity contribution in [1.82, 2.24) is 0 Å². The molecule has 0 aromatic carbocycles. The second kappa shape index (κ2) is 4.49. The Morgan fingerprint density at radius 1 is 1.46 bits per heavy atom. The van der Waals surface area contributed by atoms with Gasteiger partial charge in [-0.25, -0.2) is 0 Å². The number of azide groups is 1. The maximum Gasteiger partial charge on any atom is 0.0544 e. The number of hydrogen-bond donors (Lipinski definition) is 1. The number of aliphatic hydroxyl groups excluding tert-OH is 1. The van der Waals surface area contributed by atoms with Gasteiger partial charge in [0.1, 0.15) is 0 Å². The molecule has 3 atom stereocenters. The van der Waals surface area contributed by atoms with E-state index < -0.39 is 0 Å². The lowest BCUT2D eigenvalue weighted by Crippen LogP contribution is -2.33. The first-order valence-corrected chi connectivity index (χ1v) is 4.87. The van der Waals surface area contributed by atoms with Gasteiger partial charge >= 0.3 is 0 Å². The first-order chi connectivity index (χ1) is 6.15. The summed E-state index contributed by atoms with van der Waals surface area (Å²) in [6.45, 7) is 4.28. The molecule has 1 saturated carbocycles. The summed E-state index contributed by atoms with van der Waals surface area (Å²) in [5.74, 6) is 0.974. The number of hydrogen-bond acceptors (Lipinski definition) is 2. The average Bonchev–Trinajstić information content (AvgIpc) is 2.04. The van der Waals surface area contributed by atoms with Crippen LogP contribution in [0, 0.1) is 11.8 Å². The second-order valence-corrected chi connectivity index (χ2v) is 4.15. The van der Waals surface area contributed by atoms with E-state index >= 15 is 0 Å². The molecule has 1 rings (SSSR count). The molecular weight excluding hydrogens is 166 g/mol. The lowest BCUT2D eigenvalue weighted by atomic mass is 9.77. The highest BCUT2D eigenvalue weighted by Gasteiger charge is 2.30. The van der Waals surface area contributed by atoms with E-state index in [0.29, 0.717) is 18.3 Å². The van der Waals surface area contributed by atoms with Gasteiger partial charge in [-0.3, -0.25) is 0 Å². The van der Waals surface area contributed by atoms with Crippen molar-refractivity contribution in [3.63, 3.8) is 0 Å². The van der Waals surface area contributed by atoms with E-state index in [-0.39, 0.29) is 12.1 Å². The van der Waals surface area contributed by atoms with Gasteiger partial charge in [0.2, 0.25) is 0 Å². The topological polar surface area (TPSA) is 69.0 Å². The monoisotopic (exact) mass is 183 g/mol. The molecule has 4 heteroatoms. The van der Waals surface area contributed by atoms with Crippen molar-refractivity contribution in [2.24, 2.45) is 17.0 Å². The van der Waals surface area contributed by atoms with Crippen LogP contribution in [0.1, 0.15) is 33.1 Å². The molecule has 0 aliphatic heterocycles. The normalized spacial score (nSPS) is 34.3. The molecule has 1 fully saturated rings. The van der Waals surface area contributed by atoms with E-state index in [4.69, 9.17) is 5.53 Å². The summed E-state index contributed by atoms with van der Waals surface area (Å²) >= 11 is 0. The van der Waals surface area contributed by atoms with Gasteiger partial charge in [-0.05, 0) is 36.6 Å². The molecule has 1 aliphatic rings. The lowest BCUT2D eigenvalue weighted by molar-refractivity contribution is 0.0816. The summed E-state index contributed by atoms with van der Waals surface area (Å²) in [7, 11) is 0. The molecule has 1 N–H and O–H groups in total. The molecule has 74 valence electrons. The number of aliphatic hydroxyl groups is 1. The van der Waals surface area contributed by atoms with Crippen LogP contribution in [0.15, 0.2) is 5.11 Å². The van der Waals surface area contributed by atoms with Crippen molar-refractivity contribution in [1.29, 1.82) is 0 Å². The minimum Gasteiger partial charge on any atom is -0.393 e. The van der Waals surface area contributed by atoms with Crippen LogP contribution in [0.25, 0.3) is 10.4 Å². The summed E-state index contributed by atoms with van der Waals surface area (Å²) in [5, 5.41) is 13.2. The molecule has 4 nitrogen and oxygen atoms in total. The molecule has 0 aromatic rings. The number of nitrogens with zero attached hydrogens (tertiary/aromatic N) is 3. The molecule has 0 bridgehead atoms. The molecule has 0 aromatic heterocycles. The quantitative estimate of drug-likeness (QED) is 0.399. The summed E-state index contributed by atoms with van der Waals surface area (Å²) in [5.41, 5.74) is 8.38. The summed E-state index contributed by atoms with van der Waals surface area (Å²) in [4.78, 5) is 2.84. The van der Waals surface area contributed by atoms with E-state index in [2.05, 4.69) is 23.9 Å². The zero-order valence-electron chi connectivity index (χ0n) is 8.22. The molecule has 0 saturated heterocycles. The highest BCUT2D eigenvalue weighted by Crippen LogP contribution is 2.32. The Hall–Kier alpha value is -0.730. The van der Waals surface area contributed by atoms with Gasteiger partial charge in [0.25, 0.3) is 0 Å². The SMILES string of the molecule is CC(C)C1CCC(O)CC1N=[N+]=[N-]. The van der Waals surface area contributed by atoms with E-state index in [1.165, 1.54) is 0 Å². The Balaban J connectivity index is 2.65. The van der Waals surface area contributed by atoms with Crippen LogP contribution in [-0.4, -0.2) is 17.3 Å². The fraction of sp³-hybridized carbons (Fsp3) is 1.00. The van der Waals surface area contributed by atoms with Crippen LogP contribution in [0.3, 0.4) is 0 Å². The summed E-state index contributed by atoms with van der Waals surface area (Å²) in [6.07, 6.45) is 2.18. The van der Waals surface area contributed by atoms with Gasteiger partial charge in [-0.2, -0.15) is 0 Å². The third-order valence-corrected chi connectivity index (χ3v) is 2.90. The van der Waals surface area contributed by atoms with E-state index in [1.807, 2.05) is 0 Å². The molecule has 0 heterocycles. The maximum absolute atomic E-state index is 9.42. The minimum atomic E-state index is -0.273. The van der Waals surface area contributed by atoms with Gasteiger partial charge in [-0.1, -0.05) is 19.0 Å². The molecule has 0 spiro atoms. The van der Waals surface area contributed by atoms with Crippen molar-refractivity contribution < 1.29 is 5.11 Å². The van der Waals surface area contributed by atoms with Crippen LogP contribution >= 0.6 is 0 Å². The Labute approximate surface area is 78.6 Å². The van der Waals surface area contributed by atoms with Crippen molar-refractivity contribution >= 4 is 0 Å². The van der Waals surface area contributed by atoms with Crippen molar-refractivity contribution in [3.05, 3.63) is 10.4 Å².